The summed E-state index contributed by atoms with van der Waals surface area (Å²) in [5.74, 6) is 0.195. The van der Waals surface area contributed by atoms with Crippen molar-refractivity contribution in [2.45, 2.75) is 25.3 Å². The Morgan fingerprint density at radius 3 is 2.56 bits per heavy atom. The van der Waals surface area contributed by atoms with Gasteiger partial charge in [-0.05, 0) is 55.3 Å². The Bertz CT molecular complexity index is 993. The highest BCUT2D eigenvalue weighted by Gasteiger charge is 2.17. The van der Waals surface area contributed by atoms with Crippen LogP contribution < -0.4 is 4.72 Å². The molecule has 0 aliphatic carbocycles. The van der Waals surface area contributed by atoms with Crippen molar-refractivity contribution in [3.63, 3.8) is 0 Å². The quantitative estimate of drug-likeness (QED) is 0.715. The smallest absolute Gasteiger partial charge is 0.241 e. The van der Waals surface area contributed by atoms with E-state index in [9.17, 15) is 13.5 Å². The van der Waals surface area contributed by atoms with E-state index in [1.54, 1.807) is 43.3 Å². The maximum Gasteiger partial charge on any atom is 0.241 e. The van der Waals surface area contributed by atoms with Gasteiger partial charge in [-0.25, -0.2) is 18.1 Å². The summed E-state index contributed by atoms with van der Waals surface area (Å²) in [5, 5.41) is 11.9. The van der Waals surface area contributed by atoms with Crippen LogP contribution in [0.15, 0.2) is 52.7 Å². The molecule has 2 aromatic carbocycles. The molecule has 0 saturated heterocycles. The van der Waals surface area contributed by atoms with Gasteiger partial charge in [0.2, 0.25) is 10.0 Å². The zero-order valence-corrected chi connectivity index (χ0v) is 15.5. The summed E-state index contributed by atoms with van der Waals surface area (Å²) in [6.07, 6.45) is 0. The number of phenols is 1. The third kappa shape index (κ3) is 4.07. The van der Waals surface area contributed by atoms with Gasteiger partial charge in [0.15, 0.2) is 0 Å². The van der Waals surface area contributed by atoms with Crippen LogP contribution >= 0.6 is 11.3 Å². The first-order chi connectivity index (χ1) is 11.8. The Morgan fingerprint density at radius 2 is 1.84 bits per heavy atom. The van der Waals surface area contributed by atoms with Crippen LogP contribution in [0.3, 0.4) is 0 Å². The predicted octanol–water partition coefficient (Wildman–Crippen LogP) is 3.61. The standard InChI is InChI=1S/C18H18N2O3S2/c1-12-3-4-13(2)17(9-12)25(22,23)19-10-18-20-16(11-24-18)14-5-7-15(21)8-6-14/h3-9,11,19,21H,10H2,1-2H3. The molecular formula is C18H18N2O3S2. The van der Waals surface area contributed by atoms with E-state index in [0.717, 1.165) is 16.8 Å². The number of sulfonamides is 1. The summed E-state index contributed by atoms with van der Waals surface area (Å²) in [5.41, 5.74) is 3.24. The second-order valence-electron chi connectivity index (χ2n) is 5.77. The van der Waals surface area contributed by atoms with Crippen LogP contribution in [0.1, 0.15) is 16.1 Å². The Kier molecular flexibility index (Phi) is 4.89. The first-order valence-electron chi connectivity index (χ1n) is 7.66. The minimum atomic E-state index is -3.59. The zero-order chi connectivity index (χ0) is 18.0. The van der Waals surface area contributed by atoms with Crippen molar-refractivity contribution in [3.05, 3.63) is 64.0 Å². The van der Waals surface area contributed by atoms with E-state index < -0.39 is 10.0 Å². The van der Waals surface area contributed by atoms with E-state index in [0.29, 0.717) is 15.5 Å². The monoisotopic (exact) mass is 374 g/mol. The van der Waals surface area contributed by atoms with Crippen LogP contribution in [0, 0.1) is 13.8 Å². The highest BCUT2D eigenvalue weighted by molar-refractivity contribution is 7.89. The van der Waals surface area contributed by atoms with Crippen LogP contribution in [0.4, 0.5) is 0 Å². The van der Waals surface area contributed by atoms with Gasteiger partial charge in [0.05, 0.1) is 17.1 Å². The first-order valence-corrected chi connectivity index (χ1v) is 10.0. The fourth-order valence-corrected chi connectivity index (χ4v) is 4.54. The van der Waals surface area contributed by atoms with E-state index in [1.165, 1.54) is 11.3 Å². The minimum Gasteiger partial charge on any atom is -0.508 e. The lowest BCUT2D eigenvalue weighted by Crippen LogP contribution is -2.24. The molecule has 0 aliphatic heterocycles. The number of hydrogen-bond donors (Lipinski definition) is 2. The van der Waals surface area contributed by atoms with Gasteiger partial charge in [-0.15, -0.1) is 11.3 Å². The molecule has 0 fully saturated rings. The molecule has 7 heteroatoms. The maximum absolute atomic E-state index is 12.5. The summed E-state index contributed by atoms with van der Waals surface area (Å²) < 4.78 is 27.7. The lowest BCUT2D eigenvalue weighted by atomic mass is 10.2. The van der Waals surface area contributed by atoms with Gasteiger partial charge in [-0.3, -0.25) is 0 Å². The molecule has 1 heterocycles. The molecule has 0 saturated carbocycles. The number of phenolic OH excluding ortho intramolecular Hbond substituents is 1. The largest absolute Gasteiger partial charge is 0.508 e. The molecular weight excluding hydrogens is 356 g/mol. The molecule has 0 unspecified atom stereocenters. The fraction of sp³-hybridized carbons (Fsp3) is 0.167. The molecule has 0 spiro atoms. The van der Waals surface area contributed by atoms with Crippen molar-refractivity contribution in [1.29, 1.82) is 0 Å². The molecule has 2 N–H and O–H groups in total. The zero-order valence-electron chi connectivity index (χ0n) is 13.9. The number of nitrogens with one attached hydrogen (secondary N) is 1. The van der Waals surface area contributed by atoms with Crippen molar-refractivity contribution in [2.24, 2.45) is 0 Å². The topological polar surface area (TPSA) is 79.3 Å². The molecule has 1 aromatic heterocycles. The van der Waals surface area contributed by atoms with E-state index in [-0.39, 0.29) is 12.3 Å². The lowest BCUT2D eigenvalue weighted by Gasteiger charge is -2.09. The number of benzene rings is 2. The Balaban J connectivity index is 1.75. The first kappa shape index (κ1) is 17.6. The third-order valence-corrected chi connectivity index (χ3v) is 6.15. The van der Waals surface area contributed by atoms with Crippen molar-refractivity contribution in [2.75, 3.05) is 0 Å². The Hall–Kier alpha value is -2.22. The highest BCUT2D eigenvalue weighted by atomic mass is 32.2. The summed E-state index contributed by atoms with van der Waals surface area (Å²) >= 11 is 1.39. The van der Waals surface area contributed by atoms with Gasteiger partial charge < -0.3 is 5.11 Å². The minimum absolute atomic E-state index is 0.137. The maximum atomic E-state index is 12.5. The molecule has 130 valence electrons. The molecule has 25 heavy (non-hydrogen) atoms. The average molecular weight is 374 g/mol. The second-order valence-corrected chi connectivity index (χ2v) is 8.44. The highest BCUT2D eigenvalue weighted by Crippen LogP contribution is 2.24. The second kappa shape index (κ2) is 6.95. The Morgan fingerprint density at radius 1 is 1.12 bits per heavy atom. The fourth-order valence-electron chi connectivity index (χ4n) is 2.39. The lowest BCUT2D eigenvalue weighted by molar-refractivity contribution is 0.475. The van der Waals surface area contributed by atoms with E-state index in [4.69, 9.17) is 0 Å². The van der Waals surface area contributed by atoms with Crippen LogP contribution in [-0.2, 0) is 16.6 Å². The molecule has 3 rings (SSSR count). The van der Waals surface area contributed by atoms with E-state index >= 15 is 0 Å². The van der Waals surface area contributed by atoms with Crippen LogP contribution in [-0.4, -0.2) is 18.5 Å². The molecule has 0 radical (unpaired) electrons. The summed E-state index contributed by atoms with van der Waals surface area (Å²) in [7, 11) is -3.59. The van der Waals surface area contributed by atoms with Gasteiger partial charge in [0.1, 0.15) is 10.8 Å². The SMILES string of the molecule is Cc1ccc(C)c(S(=O)(=O)NCc2nc(-c3ccc(O)cc3)cs2)c1. The van der Waals surface area contributed by atoms with Crippen molar-refractivity contribution in [3.8, 4) is 17.0 Å². The number of hydrogen-bond acceptors (Lipinski definition) is 5. The number of rotatable bonds is 5. The van der Waals surface area contributed by atoms with Gasteiger partial charge in [0.25, 0.3) is 0 Å². The average Bonchev–Trinajstić information content (AvgIpc) is 3.05. The summed E-state index contributed by atoms with van der Waals surface area (Å²) in [6, 6.07) is 12.1. The molecule has 0 amide bonds. The summed E-state index contributed by atoms with van der Waals surface area (Å²) in [4.78, 5) is 4.75. The Labute approximate surface area is 151 Å². The number of aryl methyl sites for hydroxylation is 2. The van der Waals surface area contributed by atoms with Crippen LogP contribution in [0.2, 0.25) is 0 Å². The molecule has 0 atom stereocenters. The third-order valence-electron chi connectivity index (χ3n) is 3.76. The molecule has 0 aliphatic rings. The molecule has 0 bridgehead atoms. The van der Waals surface area contributed by atoms with E-state index in [1.807, 2.05) is 18.4 Å². The van der Waals surface area contributed by atoms with Crippen molar-refractivity contribution in [1.82, 2.24) is 9.71 Å². The van der Waals surface area contributed by atoms with Gasteiger partial charge in [-0.1, -0.05) is 12.1 Å². The number of nitrogens with zero attached hydrogens (tertiary/aromatic N) is 1. The number of aromatic hydroxyl groups is 1. The number of thiazole rings is 1. The van der Waals surface area contributed by atoms with Crippen molar-refractivity contribution < 1.29 is 13.5 Å². The molecule has 5 nitrogen and oxygen atoms in total. The van der Waals surface area contributed by atoms with Gasteiger partial charge in [0, 0.05) is 10.9 Å². The predicted molar refractivity (Wildman–Crippen MR) is 99.2 cm³/mol. The van der Waals surface area contributed by atoms with E-state index in [2.05, 4.69) is 9.71 Å². The summed E-state index contributed by atoms with van der Waals surface area (Å²) in [6.45, 7) is 3.78. The molecule has 3 aromatic rings. The normalized spacial score (nSPS) is 11.6. The van der Waals surface area contributed by atoms with Crippen LogP contribution in [0.25, 0.3) is 11.3 Å². The van der Waals surface area contributed by atoms with Crippen LogP contribution in [0.5, 0.6) is 5.75 Å². The van der Waals surface area contributed by atoms with Gasteiger partial charge >= 0.3 is 0 Å². The number of aromatic nitrogens is 1. The van der Waals surface area contributed by atoms with Crippen molar-refractivity contribution >= 4 is 21.4 Å². The van der Waals surface area contributed by atoms with Gasteiger partial charge in [-0.2, -0.15) is 0 Å².